The van der Waals surface area contributed by atoms with Crippen LogP contribution >= 0.6 is 15.9 Å². The van der Waals surface area contributed by atoms with Crippen LogP contribution in [0.5, 0.6) is 0 Å². The van der Waals surface area contributed by atoms with E-state index in [9.17, 15) is 4.21 Å². The van der Waals surface area contributed by atoms with E-state index in [-0.39, 0.29) is 6.04 Å². The molecule has 2 nitrogen and oxygen atoms in total. The molecule has 0 aliphatic rings. The maximum Gasteiger partial charge on any atom is 0.0556 e. The van der Waals surface area contributed by atoms with E-state index in [1.807, 2.05) is 24.3 Å². The van der Waals surface area contributed by atoms with Crippen molar-refractivity contribution < 1.29 is 4.21 Å². The first-order chi connectivity index (χ1) is 7.15. The number of halogens is 1. The lowest BCUT2D eigenvalue weighted by Gasteiger charge is -2.10. The topological polar surface area (TPSA) is 43.1 Å². The standard InChI is InChI=1S/C11H16BrNOS/c1-2-5-9(13)8-15(14)11-7-4-3-6-10(11)12/h3-4,6-7,9H,2,5,8,13H2,1H3. The molecule has 0 aliphatic heterocycles. The summed E-state index contributed by atoms with van der Waals surface area (Å²) < 4.78 is 12.8. The monoisotopic (exact) mass is 289 g/mol. The highest BCUT2D eigenvalue weighted by atomic mass is 79.9. The van der Waals surface area contributed by atoms with Crippen LogP contribution in [0.4, 0.5) is 0 Å². The second-order valence-corrected chi connectivity index (χ2v) is 5.81. The molecule has 0 spiro atoms. The maximum atomic E-state index is 12.0. The highest BCUT2D eigenvalue weighted by Crippen LogP contribution is 2.20. The largest absolute Gasteiger partial charge is 0.327 e. The van der Waals surface area contributed by atoms with Gasteiger partial charge >= 0.3 is 0 Å². The van der Waals surface area contributed by atoms with Gasteiger partial charge in [-0.1, -0.05) is 25.5 Å². The Hall–Kier alpha value is -0.190. The van der Waals surface area contributed by atoms with Gasteiger partial charge in [0.25, 0.3) is 0 Å². The van der Waals surface area contributed by atoms with Gasteiger partial charge in [-0.3, -0.25) is 4.21 Å². The molecule has 0 aliphatic carbocycles. The minimum atomic E-state index is -0.998. The Bertz CT molecular complexity index is 343. The van der Waals surface area contributed by atoms with Crippen molar-refractivity contribution in [3.05, 3.63) is 28.7 Å². The summed E-state index contributed by atoms with van der Waals surface area (Å²) in [6.45, 7) is 2.08. The maximum absolute atomic E-state index is 12.0. The minimum absolute atomic E-state index is 0.0305. The summed E-state index contributed by atoms with van der Waals surface area (Å²) >= 11 is 3.39. The van der Waals surface area contributed by atoms with Gasteiger partial charge in [0.2, 0.25) is 0 Å². The molecule has 0 aromatic heterocycles. The van der Waals surface area contributed by atoms with E-state index < -0.39 is 10.8 Å². The van der Waals surface area contributed by atoms with Gasteiger partial charge in [0.1, 0.15) is 0 Å². The van der Waals surface area contributed by atoms with Crippen LogP contribution in [0, 0.1) is 0 Å². The van der Waals surface area contributed by atoms with Crippen molar-refractivity contribution >= 4 is 26.7 Å². The third-order valence-corrected chi connectivity index (χ3v) is 4.64. The lowest BCUT2D eigenvalue weighted by Crippen LogP contribution is -2.26. The first-order valence-electron chi connectivity index (χ1n) is 5.03. The van der Waals surface area contributed by atoms with Gasteiger partial charge in [-0.2, -0.15) is 0 Å². The van der Waals surface area contributed by atoms with E-state index in [0.717, 1.165) is 22.2 Å². The van der Waals surface area contributed by atoms with Crippen LogP contribution in [-0.4, -0.2) is 16.0 Å². The first kappa shape index (κ1) is 12.9. The molecule has 0 saturated carbocycles. The van der Waals surface area contributed by atoms with Gasteiger partial charge in [-0.25, -0.2) is 0 Å². The Balaban J connectivity index is 2.65. The smallest absolute Gasteiger partial charge is 0.0556 e. The Kier molecular flexibility index (Phi) is 5.50. The average molecular weight is 290 g/mol. The van der Waals surface area contributed by atoms with E-state index in [0.29, 0.717) is 5.75 Å². The van der Waals surface area contributed by atoms with Crippen LogP contribution in [0.1, 0.15) is 19.8 Å². The molecular formula is C11H16BrNOS. The fourth-order valence-electron chi connectivity index (χ4n) is 1.37. The zero-order valence-corrected chi connectivity index (χ0v) is 11.2. The number of benzene rings is 1. The summed E-state index contributed by atoms with van der Waals surface area (Å²) in [7, 11) is -0.998. The molecule has 2 atom stereocenters. The Morgan fingerprint density at radius 1 is 1.47 bits per heavy atom. The van der Waals surface area contributed by atoms with Crippen molar-refractivity contribution in [2.45, 2.75) is 30.7 Å². The Labute approximate surface area is 102 Å². The molecule has 1 rings (SSSR count). The van der Waals surface area contributed by atoms with Crippen molar-refractivity contribution in [2.24, 2.45) is 5.73 Å². The van der Waals surface area contributed by atoms with Gasteiger partial charge in [0.05, 0.1) is 15.7 Å². The van der Waals surface area contributed by atoms with Gasteiger partial charge in [0.15, 0.2) is 0 Å². The number of hydrogen-bond acceptors (Lipinski definition) is 2. The van der Waals surface area contributed by atoms with E-state index in [1.165, 1.54) is 0 Å². The lowest BCUT2D eigenvalue weighted by atomic mass is 10.2. The van der Waals surface area contributed by atoms with E-state index in [1.54, 1.807) is 0 Å². The van der Waals surface area contributed by atoms with Crippen molar-refractivity contribution in [2.75, 3.05) is 5.75 Å². The van der Waals surface area contributed by atoms with Crippen LogP contribution < -0.4 is 5.73 Å². The third kappa shape index (κ3) is 4.05. The molecule has 0 radical (unpaired) electrons. The molecule has 0 heterocycles. The van der Waals surface area contributed by atoms with E-state index in [4.69, 9.17) is 5.73 Å². The highest BCUT2D eigenvalue weighted by molar-refractivity contribution is 9.10. The molecule has 15 heavy (non-hydrogen) atoms. The molecule has 1 aromatic carbocycles. The zero-order chi connectivity index (χ0) is 11.3. The predicted octanol–water partition coefficient (Wildman–Crippen LogP) is 2.68. The minimum Gasteiger partial charge on any atom is -0.327 e. The summed E-state index contributed by atoms with van der Waals surface area (Å²) in [5, 5.41) is 0. The summed E-state index contributed by atoms with van der Waals surface area (Å²) in [5.74, 6) is 0.538. The molecule has 0 fully saturated rings. The van der Waals surface area contributed by atoms with E-state index >= 15 is 0 Å². The van der Waals surface area contributed by atoms with Gasteiger partial charge in [-0.05, 0) is 34.5 Å². The lowest BCUT2D eigenvalue weighted by molar-refractivity contribution is 0.638. The number of hydrogen-bond donors (Lipinski definition) is 1. The first-order valence-corrected chi connectivity index (χ1v) is 7.14. The second kappa shape index (κ2) is 6.40. The number of nitrogens with two attached hydrogens (primary N) is 1. The van der Waals surface area contributed by atoms with Crippen LogP contribution in [0.25, 0.3) is 0 Å². The molecule has 4 heteroatoms. The molecular weight excluding hydrogens is 274 g/mol. The summed E-state index contributed by atoms with van der Waals surface area (Å²) in [6.07, 6.45) is 1.96. The van der Waals surface area contributed by atoms with Gasteiger partial charge in [0, 0.05) is 16.3 Å². The molecule has 2 N–H and O–H groups in total. The van der Waals surface area contributed by atoms with Crippen molar-refractivity contribution in [1.82, 2.24) is 0 Å². The van der Waals surface area contributed by atoms with Gasteiger partial charge in [-0.15, -0.1) is 0 Å². The quantitative estimate of drug-likeness (QED) is 0.906. The average Bonchev–Trinajstić information content (AvgIpc) is 2.18. The second-order valence-electron chi connectivity index (χ2n) is 3.49. The molecule has 0 amide bonds. The third-order valence-electron chi connectivity index (χ3n) is 2.11. The molecule has 84 valence electrons. The fraction of sp³-hybridized carbons (Fsp3) is 0.455. The van der Waals surface area contributed by atoms with Crippen LogP contribution in [0.2, 0.25) is 0 Å². The molecule has 1 aromatic rings. The van der Waals surface area contributed by atoms with Crippen LogP contribution in [0.15, 0.2) is 33.6 Å². The Morgan fingerprint density at radius 3 is 2.73 bits per heavy atom. The summed E-state index contributed by atoms with van der Waals surface area (Å²) in [4.78, 5) is 0.837. The van der Waals surface area contributed by atoms with Crippen molar-refractivity contribution in [3.8, 4) is 0 Å². The molecule has 0 saturated heterocycles. The van der Waals surface area contributed by atoms with Crippen LogP contribution in [-0.2, 0) is 10.8 Å². The van der Waals surface area contributed by atoms with Crippen LogP contribution in [0.3, 0.4) is 0 Å². The Morgan fingerprint density at radius 2 is 2.13 bits per heavy atom. The normalized spacial score (nSPS) is 14.9. The summed E-state index contributed by atoms with van der Waals surface area (Å²) in [6, 6.07) is 7.61. The van der Waals surface area contributed by atoms with E-state index in [2.05, 4.69) is 22.9 Å². The number of rotatable bonds is 5. The van der Waals surface area contributed by atoms with Crippen molar-refractivity contribution in [3.63, 3.8) is 0 Å². The predicted molar refractivity (Wildman–Crippen MR) is 68.3 cm³/mol. The molecule has 0 bridgehead atoms. The summed E-state index contributed by atoms with van der Waals surface area (Å²) in [5.41, 5.74) is 5.86. The SMILES string of the molecule is CCCC(N)CS(=O)c1ccccc1Br. The fourth-order valence-corrected chi connectivity index (χ4v) is 3.45. The van der Waals surface area contributed by atoms with Crippen molar-refractivity contribution in [1.29, 1.82) is 0 Å². The van der Waals surface area contributed by atoms with Gasteiger partial charge < -0.3 is 5.73 Å². The highest BCUT2D eigenvalue weighted by Gasteiger charge is 2.11. The zero-order valence-electron chi connectivity index (χ0n) is 8.78. The molecule has 2 unspecified atom stereocenters.